The number of benzene rings is 2. The molecule has 9 heteroatoms. The number of nitrogens with one attached hydrogen (secondary N) is 2. The summed E-state index contributed by atoms with van der Waals surface area (Å²) in [7, 11) is 1.48. The molecule has 2 N–H and O–H groups in total. The van der Waals surface area contributed by atoms with Crippen molar-refractivity contribution in [2.24, 2.45) is 5.10 Å². The highest BCUT2D eigenvalue weighted by Crippen LogP contribution is 2.16. The van der Waals surface area contributed by atoms with Crippen LogP contribution in [-0.2, 0) is 9.59 Å². The van der Waals surface area contributed by atoms with Gasteiger partial charge in [0.25, 0.3) is 5.69 Å². The molecule has 2 rings (SSSR count). The van der Waals surface area contributed by atoms with Gasteiger partial charge in [-0.1, -0.05) is 18.2 Å². The first kappa shape index (κ1) is 17.6. The van der Waals surface area contributed by atoms with Gasteiger partial charge in [-0.15, -0.1) is 0 Å². The third-order valence-corrected chi connectivity index (χ3v) is 2.99. The van der Waals surface area contributed by atoms with Crippen LogP contribution in [0.15, 0.2) is 53.6 Å². The number of rotatable bonds is 5. The van der Waals surface area contributed by atoms with Crippen LogP contribution in [0.3, 0.4) is 0 Å². The number of hydrogen-bond donors (Lipinski definition) is 2. The number of non-ortho nitro benzene ring substituents is 1. The van der Waals surface area contributed by atoms with Crippen molar-refractivity contribution in [3.63, 3.8) is 0 Å². The zero-order chi connectivity index (χ0) is 18.2. The van der Waals surface area contributed by atoms with Crippen molar-refractivity contribution in [1.29, 1.82) is 0 Å². The van der Waals surface area contributed by atoms with Crippen LogP contribution in [0.25, 0.3) is 0 Å². The second-order valence-electron chi connectivity index (χ2n) is 4.74. The average molecular weight is 342 g/mol. The maximum atomic E-state index is 11.8. The van der Waals surface area contributed by atoms with Crippen LogP contribution in [0.1, 0.15) is 5.56 Å². The third-order valence-electron chi connectivity index (χ3n) is 2.99. The molecule has 0 unspecified atom stereocenters. The van der Waals surface area contributed by atoms with E-state index in [9.17, 15) is 19.7 Å². The molecule has 0 saturated heterocycles. The van der Waals surface area contributed by atoms with Crippen molar-refractivity contribution in [2.45, 2.75) is 0 Å². The van der Waals surface area contributed by atoms with Crippen molar-refractivity contribution in [3.05, 3.63) is 64.2 Å². The molecule has 9 nitrogen and oxygen atoms in total. The summed E-state index contributed by atoms with van der Waals surface area (Å²) in [6.07, 6.45) is 1.20. The van der Waals surface area contributed by atoms with E-state index in [4.69, 9.17) is 4.74 Å². The maximum absolute atomic E-state index is 11.8. The number of anilines is 1. The summed E-state index contributed by atoms with van der Waals surface area (Å²) >= 11 is 0. The van der Waals surface area contributed by atoms with E-state index < -0.39 is 16.7 Å². The number of methoxy groups -OCH3 is 1. The largest absolute Gasteiger partial charge is 0.497 e. The molecular weight excluding hydrogens is 328 g/mol. The van der Waals surface area contributed by atoms with Gasteiger partial charge in [-0.2, -0.15) is 5.10 Å². The van der Waals surface area contributed by atoms with E-state index in [1.807, 2.05) is 5.43 Å². The first-order valence-electron chi connectivity index (χ1n) is 7.02. The number of nitro groups is 1. The molecule has 0 atom stereocenters. The predicted octanol–water partition coefficient (Wildman–Crippen LogP) is 1.69. The van der Waals surface area contributed by atoms with Gasteiger partial charge >= 0.3 is 11.8 Å². The number of ether oxygens (including phenoxy) is 1. The highest BCUT2D eigenvalue weighted by atomic mass is 16.6. The Morgan fingerprint density at radius 3 is 2.64 bits per heavy atom. The van der Waals surface area contributed by atoms with E-state index in [2.05, 4.69) is 10.4 Å². The van der Waals surface area contributed by atoms with Crippen molar-refractivity contribution in [1.82, 2.24) is 5.43 Å². The Balaban J connectivity index is 1.93. The molecular formula is C16H14N4O5. The Kier molecular flexibility index (Phi) is 5.77. The summed E-state index contributed by atoms with van der Waals surface area (Å²) in [6.45, 7) is 0. The number of hydrazone groups is 1. The molecule has 0 aromatic heterocycles. The summed E-state index contributed by atoms with van der Waals surface area (Å²) in [5, 5.41) is 16.7. The van der Waals surface area contributed by atoms with Crippen molar-refractivity contribution in [2.75, 3.05) is 12.4 Å². The van der Waals surface area contributed by atoms with Crippen LogP contribution < -0.4 is 15.5 Å². The summed E-state index contributed by atoms with van der Waals surface area (Å²) < 4.78 is 5.01. The van der Waals surface area contributed by atoms with Gasteiger partial charge in [0.15, 0.2) is 0 Å². The number of hydrogen-bond acceptors (Lipinski definition) is 6. The smallest absolute Gasteiger partial charge is 0.329 e. The Bertz CT molecular complexity index is 835. The Morgan fingerprint density at radius 2 is 1.92 bits per heavy atom. The van der Waals surface area contributed by atoms with Gasteiger partial charge in [-0.05, 0) is 12.1 Å². The Hall–Kier alpha value is -3.75. The quantitative estimate of drug-likeness (QED) is 0.370. The van der Waals surface area contributed by atoms with Gasteiger partial charge in [-0.3, -0.25) is 19.7 Å². The molecule has 2 aromatic carbocycles. The lowest BCUT2D eigenvalue weighted by atomic mass is 10.2. The summed E-state index contributed by atoms with van der Waals surface area (Å²) in [4.78, 5) is 33.6. The zero-order valence-electron chi connectivity index (χ0n) is 13.1. The molecule has 2 amide bonds. The van der Waals surface area contributed by atoms with Crippen LogP contribution in [0, 0.1) is 10.1 Å². The van der Waals surface area contributed by atoms with Crippen molar-refractivity contribution >= 4 is 29.4 Å². The van der Waals surface area contributed by atoms with Crippen molar-refractivity contribution < 1.29 is 19.2 Å². The average Bonchev–Trinajstić information content (AvgIpc) is 2.62. The third kappa shape index (κ3) is 5.13. The number of carbonyl (C=O) groups is 2. The van der Waals surface area contributed by atoms with Crippen LogP contribution >= 0.6 is 0 Å². The predicted molar refractivity (Wildman–Crippen MR) is 90.5 cm³/mol. The van der Waals surface area contributed by atoms with Gasteiger partial charge in [0.1, 0.15) is 5.75 Å². The first-order chi connectivity index (χ1) is 12.0. The molecule has 0 spiro atoms. The van der Waals surface area contributed by atoms with Crippen LogP contribution in [-0.4, -0.2) is 30.1 Å². The number of nitrogens with zero attached hydrogens (tertiary/aromatic N) is 2. The number of amides is 2. The molecule has 0 fully saturated rings. The molecule has 128 valence electrons. The van der Waals surface area contributed by atoms with E-state index in [-0.39, 0.29) is 5.69 Å². The van der Waals surface area contributed by atoms with E-state index in [0.717, 1.165) is 0 Å². The molecule has 0 heterocycles. The molecule has 0 aliphatic heterocycles. The first-order valence-corrected chi connectivity index (χ1v) is 7.02. The lowest BCUT2D eigenvalue weighted by molar-refractivity contribution is -0.384. The Labute approximate surface area is 142 Å². The SMILES string of the molecule is COc1cccc(NC(=O)C(=O)N/N=C/c2cccc([N+](=O)[O-])c2)c1. The van der Waals surface area contributed by atoms with E-state index in [1.165, 1.54) is 31.5 Å². The fraction of sp³-hybridized carbons (Fsp3) is 0.0625. The van der Waals surface area contributed by atoms with Gasteiger partial charge in [0, 0.05) is 29.4 Å². The molecule has 25 heavy (non-hydrogen) atoms. The monoisotopic (exact) mass is 342 g/mol. The Morgan fingerprint density at radius 1 is 1.16 bits per heavy atom. The number of nitro benzene ring substituents is 1. The topological polar surface area (TPSA) is 123 Å². The van der Waals surface area contributed by atoms with Crippen LogP contribution in [0.2, 0.25) is 0 Å². The molecule has 2 aromatic rings. The maximum Gasteiger partial charge on any atom is 0.329 e. The molecule has 0 bridgehead atoms. The fourth-order valence-corrected chi connectivity index (χ4v) is 1.82. The minimum atomic E-state index is -0.982. The van der Waals surface area contributed by atoms with Crippen molar-refractivity contribution in [3.8, 4) is 5.75 Å². The summed E-state index contributed by atoms with van der Waals surface area (Å²) in [6, 6.07) is 12.2. The van der Waals surface area contributed by atoms with E-state index in [1.54, 1.807) is 30.3 Å². The lowest BCUT2D eigenvalue weighted by Crippen LogP contribution is -2.32. The minimum absolute atomic E-state index is 0.106. The minimum Gasteiger partial charge on any atom is -0.497 e. The molecule has 0 radical (unpaired) electrons. The summed E-state index contributed by atoms with van der Waals surface area (Å²) in [5.41, 5.74) is 2.74. The van der Waals surface area contributed by atoms with Gasteiger partial charge < -0.3 is 10.1 Å². The highest BCUT2D eigenvalue weighted by Gasteiger charge is 2.13. The molecule has 0 aliphatic rings. The zero-order valence-corrected chi connectivity index (χ0v) is 13.1. The van der Waals surface area contributed by atoms with Gasteiger partial charge in [-0.25, -0.2) is 5.43 Å². The fourth-order valence-electron chi connectivity index (χ4n) is 1.82. The molecule has 0 saturated carbocycles. The van der Waals surface area contributed by atoms with E-state index in [0.29, 0.717) is 17.0 Å². The second-order valence-corrected chi connectivity index (χ2v) is 4.74. The molecule has 0 aliphatic carbocycles. The van der Waals surface area contributed by atoms with E-state index >= 15 is 0 Å². The number of carbonyl (C=O) groups excluding carboxylic acids is 2. The highest BCUT2D eigenvalue weighted by molar-refractivity contribution is 6.39. The van der Waals surface area contributed by atoms with Crippen LogP contribution in [0.5, 0.6) is 5.75 Å². The second kappa shape index (κ2) is 8.20. The van der Waals surface area contributed by atoms with Gasteiger partial charge in [0.05, 0.1) is 18.2 Å². The normalized spacial score (nSPS) is 10.3. The van der Waals surface area contributed by atoms with Crippen LogP contribution in [0.4, 0.5) is 11.4 Å². The lowest BCUT2D eigenvalue weighted by Gasteiger charge is -2.05. The standard InChI is InChI=1S/C16H14N4O5/c1-25-14-7-3-5-12(9-14)18-15(21)16(22)19-17-10-11-4-2-6-13(8-11)20(23)24/h2-10H,1H3,(H,18,21)(H,19,22)/b17-10+. The van der Waals surface area contributed by atoms with Gasteiger partial charge in [0.2, 0.25) is 0 Å². The summed E-state index contributed by atoms with van der Waals surface area (Å²) in [5.74, 6) is -1.36.